The molecule has 1 fully saturated rings. The van der Waals surface area contributed by atoms with Crippen LogP contribution in [0.2, 0.25) is 0 Å². The molecular formula is C14H18N6O2S. The quantitative estimate of drug-likeness (QED) is 0.878. The first-order valence-electron chi connectivity index (χ1n) is 7.42. The lowest BCUT2D eigenvalue weighted by Gasteiger charge is -2.31. The molecule has 0 saturated carbocycles. The Hall–Kier alpha value is -2.29. The summed E-state index contributed by atoms with van der Waals surface area (Å²) < 4.78 is 1.28. The number of thiazole rings is 1. The number of likely N-dealkylation sites (tertiary alicyclic amines) is 1. The monoisotopic (exact) mass is 334 g/mol. The summed E-state index contributed by atoms with van der Waals surface area (Å²) in [6, 6.07) is 0. The number of piperidine rings is 1. The van der Waals surface area contributed by atoms with Crippen molar-refractivity contribution in [3.63, 3.8) is 0 Å². The van der Waals surface area contributed by atoms with Crippen LogP contribution in [0.15, 0.2) is 11.6 Å². The first-order valence-corrected chi connectivity index (χ1v) is 8.30. The van der Waals surface area contributed by atoms with E-state index in [1.807, 2.05) is 12.3 Å². The number of nitrogens with two attached hydrogens (primary N) is 1. The molecule has 2 N–H and O–H groups in total. The summed E-state index contributed by atoms with van der Waals surface area (Å²) >= 11 is 1.64. The molecule has 23 heavy (non-hydrogen) atoms. The lowest BCUT2D eigenvalue weighted by molar-refractivity contribution is -0.118. The van der Waals surface area contributed by atoms with Gasteiger partial charge in [0.1, 0.15) is 6.54 Å². The third-order valence-electron chi connectivity index (χ3n) is 3.77. The van der Waals surface area contributed by atoms with Crippen LogP contribution < -0.4 is 5.73 Å². The maximum atomic E-state index is 12.6. The lowest BCUT2D eigenvalue weighted by atomic mass is 9.98. The molecule has 2 aromatic heterocycles. The van der Waals surface area contributed by atoms with Crippen molar-refractivity contribution in [2.45, 2.75) is 32.2 Å². The SMILES string of the molecule is Cc1csc([C@@H]2CCCN(C(=O)c3cn(CC(N)=O)nn3)C2)n1. The second-order valence-corrected chi connectivity index (χ2v) is 6.57. The minimum absolute atomic E-state index is 0.0820. The van der Waals surface area contributed by atoms with Crippen LogP contribution in [0, 0.1) is 6.92 Å². The summed E-state index contributed by atoms with van der Waals surface area (Å²) in [6.45, 7) is 3.22. The summed E-state index contributed by atoms with van der Waals surface area (Å²) in [5.74, 6) is -0.420. The van der Waals surface area contributed by atoms with Gasteiger partial charge in [-0.25, -0.2) is 9.67 Å². The number of aromatic nitrogens is 4. The first kappa shape index (κ1) is 15.6. The molecule has 1 saturated heterocycles. The lowest BCUT2D eigenvalue weighted by Crippen LogP contribution is -2.39. The van der Waals surface area contributed by atoms with Crippen molar-refractivity contribution < 1.29 is 9.59 Å². The number of carbonyl (C=O) groups excluding carboxylic acids is 2. The highest BCUT2D eigenvalue weighted by Crippen LogP contribution is 2.29. The van der Waals surface area contributed by atoms with E-state index in [4.69, 9.17) is 5.73 Å². The summed E-state index contributed by atoms with van der Waals surface area (Å²) in [5.41, 5.74) is 6.36. The Morgan fingerprint density at radius 3 is 3.00 bits per heavy atom. The van der Waals surface area contributed by atoms with Gasteiger partial charge in [0.15, 0.2) is 5.69 Å². The predicted molar refractivity (Wildman–Crippen MR) is 83.9 cm³/mol. The second kappa shape index (κ2) is 6.45. The highest BCUT2D eigenvalue weighted by atomic mass is 32.1. The summed E-state index contributed by atoms with van der Waals surface area (Å²) in [6.07, 6.45) is 3.43. The number of primary amides is 1. The van der Waals surface area contributed by atoms with Gasteiger partial charge in [-0.3, -0.25) is 9.59 Å². The topological polar surface area (TPSA) is 107 Å². The second-order valence-electron chi connectivity index (χ2n) is 5.69. The van der Waals surface area contributed by atoms with Crippen LogP contribution in [0.5, 0.6) is 0 Å². The molecule has 2 aromatic rings. The van der Waals surface area contributed by atoms with Crippen LogP contribution in [-0.2, 0) is 11.3 Å². The van der Waals surface area contributed by atoms with Gasteiger partial charge in [-0.05, 0) is 19.8 Å². The fourth-order valence-corrected chi connectivity index (χ4v) is 3.64. The Balaban J connectivity index is 1.69. The molecule has 0 aromatic carbocycles. The van der Waals surface area contributed by atoms with Gasteiger partial charge < -0.3 is 10.6 Å². The molecule has 3 heterocycles. The standard InChI is InChI=1S/C14H18N6O2S/c1-9-8-23-13(16-9)10-3-2-4-19(5-10)14(22)11-6-20(18-17-11)7-12(15)21/h6,8,10H,2-5,7H2,1H3,(H2,15,21)/t10-/m1/s1. The normalized spacial score (nSPS) is 18.1. The van der Waals surface area contributed by atoms with Crippen LogP contribution in [0.25, 0.3) is 0 Å². The molecule has 9 heteroatoms. The molecule has 2 amide bonds. The van der Waals surface area contributed by atoms with Crippen LogP contribution in [0.1, 0.15) is 39.9 Å². The Bertz CT molecular complexity index is 724. The van der Waals surface area contributed by atoms with Gasteiger partial charge in [-0.2, -0.15) is 0 Å². The zero-order chi connectivity index (χ0) is 16.4. The third kappa shape index (κ3) is 3.55. The average molecular weight is 334 g/mol. The molecule has 122 valence electrons. The van der Waals surface area contributed by atoms with E-state index in [9.17, 15) is 9.59 Å². The van der Waals surface area contributed by atoms with E-state index < -0.39 is 5.91 Å². The Kier molecular flexibility index (Phi) is 4.37. The van der Waals surface area contributed by atoms with Crippen molar-refractivity contribution in [3.05, 3.63) is 28.0 Å². The van der Waals surface area contributed by atoms with E-state index >= 15 is 0 Å². The fourth-order valence-electron chi connectivity index (χ4n) is 2.72. The average Bonchev–Trinajstić information content (AvgIpc) is 3.15. The zero-order valence-electron chi connectivity index (χ0n) is 12.8. The number of carbonyl (C=O) groups is 2. The molecule has 0 aliphatic carbocycles. The van der Waals surface area contributed by atoms with Crippen LogP contribution in [0.4, 0.5) is 0 Å². The summed E-state index contributed by atoms with van der Waals surface area (Å²) in [5, 5.41) is 10.7. The largest absolute Gasteiger partial charge is 0.368 e. The minimum atomic E-state index is -0.522. The number of aryl methyl sites for hydroxylation is 1. The van der Waals surface area contributed by atoms with Gasteiger partial charge in [0.2, 0.25) is 5.91 Å². The van der Waals surface area contributed by atoms with E-state index in [1.165, 1.54) is 10.9 Å². The van der Waals surface area contributed by atoms with Crippen molar-refractivity contribution in [2.24, 2.45) is 5.73 Å². The molecule has 0 unspecified atom stereocenters. The Morgan fingerprint density at radius 1 is 1.48 bits per heavy atom. The highest BCUT2D eigenvalue weighted by Gasteiger charge is 2.28. The van der Waals surface area contributed by atoms with Crippen molar-refractivity contribution in [1.29, 1.82) is 0 Å². The smallest absolute Gasteiger partial charge is 0.276 e. The van der Waals surface area contributed by atoms with Crippen molar-refractivity contribution in [1.82, 2.24) is 24.9 Å². The van der Waals surface area contributed by atoms with E-state index in [-0.39, 0.29) is 24.1 Å². The first-order chi connectivity index (χ1) is 11.0. The molecule has 1 aliphatic rings. The molecule has 1 atom stereocenters. The zero-order valence-corrected chi connectivity index (χ0v) is 13.6. The molecule has 1 aliphatic heterocycles. The van der Waals surface area contributed by atoms with Crippen molar-refractivity contribution in [2.75, 3.05) is 13.1 Å². The van der Waals surface area contributed by atoms with E-state index in [1.54, 1.807) is 16.2 Å². The summed E-state index contributed by atoms with van der Waals surface area (Å²) in [4.78, 5) is 29.8. The molecule has 3 rings (SSSR count). The predicted octanol–water partition coefficient (Wildman–Crippen LogP) is 0.548. The molecule has 0 bridgehead atoms. The van der Waals surface area contributed by atoms with Crippen molar-refractivity contribution >= 4 is 23.2 Å². The number of hydrogen-bond acceptors (Lipinski definition) is 6. The molecule has 0 spiro atoms. The molecule has 8 nitrogen and oxygen atoms in total. The Morgan fingerprint density at radius 2 is 2.30 bits per heavy atom. The maximum absolute atomic E-state index is 12.6. The van der Waals surface area contributed by atoms with Gasteiger partial charge in [0, 0.05) is 30.1 Å². The third-order valence-corrected chi connectivity index (χ3v) is 4.90. The number of hydrogen-bond donors (Lipinski definition) is 1. The summed E-state index contributed by atoms with van der Waals surface area (Å²) in [7, 11) is 0. The maximum Gasteiger partial charge on any atom is 0.276 e. The van der Waals surface area contributed by atoms with E-state index in [0.29, 0.717) is 13.1 Å². The Labute approximate surface area is 137 Å². The van der Waals surface area contributed by atoms with Gasteiger partial charge >= 0.3 is 0 Å². The van der Waals surface area contributed by atoms with Crippen LogP contribution >= 0.6 is 11.3 Å². The van der Waals surface area contributed by atoms with E-state index in [2.05, 4.69) is 15.3 Å². The van der Waals surface area contributed by atoms with Gasteiger partial charge in [0.05, 0.1) is 11.2 Å². The van der Waals surface area contributed by atoms with Crippen molar-refractivity contribution in [3.8, 4) is 0 Å². The minimum Gasteiger partial charge on any atom is -0.368 e. The van der Waals surface area contributed by atoms with Gasteiger partial charge in [-0.15, -0.1) is 16.4 Å². The fraction of sp³-hybridized carbons (Fsp3) is 0.500. The van der Waals surface area contributed by atoms with Crippen LogP contribution in [0.3, 0.4) is 0 Å². The molecule has 0 radical (unpaired) electrons. The number of rotatable bonds is 4. The van der Waals surface area contributed by atoms with Gasteiger partial charge in [-0.1, -0.05) is 5.21 Å². The highest BCUT2D eigenvalue weighted by molar-refractivity contribution is 7.09. The molecular weight excluding hydrogens is 316 g/mol. The van der Waals surface area contributed by atoms with Gasteiger partial charge in [0.25, 0.3) is 5.91 Å². The number of nitrogens with zero attached hydrogens (tertiary/aromatic N) is 5. The number of amides is 2. The van der Waals surface area contributed by atoms with E-state index in [0.717, 1.165) is 23.5 Å². The van der Waals surface area contributed by atoms with Crippen LogP contribution in [-0.4, -0.2) is 49.8 Å².